The number of fused-ring (bicyclic) bond motifs is 1. The minimum absolute atomic E-state index is 0.186. The molecule has 1 aromatic heterocycles. The van der Waals surface area contributed by atoms with E-state index in [2.05, 4.69) is 54.0 Å². The summed E-state index contributed by atoms with van der Waals surface area (Å²) in [6.45, 7) is 7.16. The highest BCUT2D eigenvalue weighted by Crippen LogP contribution is 2.48. The Hall–Kier alpha value is -3.93. The standard InChI is InChI=1S/C34H40N2O4/c1-4-6-19-35(20-7-5-2)27-11-13-28(14-12-27)36-23-30(25-10-17-31-26(22-25)18-21-40-31)32(34(37)38)33(36)24-8-15-29(39-3)16-9-24/h8-18,21-22,30,32-33H,4-7,19-20,23H2,1-3H3,(H,37,38). The lowest BCUT2D eigenvalue weighted by Gasteiger charge is -2.30. The van der Waals surface area contributed by atoms with Crippen LogP contribution in [0.4, 0.5) is 11.4 Å². The van der Waals surface area contributed by atoms with Crippen LogP contribution in [-0.4, -0.2) is 37.8 Å². The fourth-order valence-electron chi connectivity index (χ4n) is 6.07. The third-order valence-corrected chi connectivity index (χ3v) is 8.26. The molecule has 1 aliphatic heterocycles. The first-order chi connectivity index (χ1) is 19.5. The maximum Gasteiger partial charge on any atom is 0.309 e. The number of hydrogen-bond donors (Lipinski definition) is 1. The third-order valence-electron chi connectivity index (χ3n) is 8.26. The zero-order valence-corrected chi connectivity index (χ0v) is 23.8. The molecule has 0 radical (unpaired) electrons. The van der Waals surface area contributed by atoms with Crippen molar-refractivity contribution in [3.05, 3.63) is 90.2 Å². The van der Waals surface area contributed by atoms with Crippen molar-refractivity contribution in [3.63, 3.8) is 0 Å². The van der Waals surface area contributed by atoms with Crippen LogP contribution in [0.2, 0.25) is 0 Å². The number of carboxylic acids is 1. The Morgan fingerprint density at radius 3 is 2.25 bits per heavy atom. The van der Waals surface area contributed by atoms with Crippen molar-refractivity contribution >= 4 is 28.3 Å². The summed E-state index contributed by atoms with van der Waals surface area (Å²) in [5, 5.41) is 11.6. The molecule has 0 amide bonds. The van der Waals surface area contributed by atoms with Gasteiger partial charge in [-0.05, 0) is 78.6 Å². The van der Waals surface area contributed by atoms with Crippen molar-refractivity contribution < 1.29 is 19.1 Å². The molecule has 1 saturated heterocycles. The average Bonchev–Trinajstić information content (AvgIpc) is 3.62. The van der Waals surface area contributed by atoms with Crippen LogP contribution in [-0.2, 0) is 4.79 Å². The highest BCUT2D eigenvalue weighted by molar-refractivity contribution is 5.80. The second-order valence-electron chi connectivity index (χ2n) is 10.8. The van der Waals surface area contributed by atoms with E-state index in [1.54, 1.807) is 13.4 Å². The number of furan rings is 1. The van der Waals surface area contributed by atoms with Crippen LogP contribution >= 0.6 is 0 Å². The number of nitrogens with zero attached hydrogens (tertiary/aromatic N) is 2. The number of hydrogen-bond acceptors (Lipinski definition) is 5. The van der Waals surface area contributed by atoms with E-state index in [-0.39, 0.29) is 12.0 Å². The van der Waals surface area contributed by atoms with Gasteiger partial charge in [0.15, 0.2) is 0 Å². The van der Waals surface area contributed by atoms with Crippen LogP contribution in [0.15, 0.2) is 83.5 Å². The summed E-state index contributed by atoms with van der Waals surface area (Å²) >= 11 is 0. The molecule has 3 aromatic carbocycles. The molecule has 210 valence electrons. The lowest BCUT2D eigenvalue weighted by molar-refractivity contribution is -0.142. The SMILES string of the molecule is CCCCN(CCCC)c1ccc(N2CC(c3ccc4occc4c3)C(C(=O)O)C2c2ccc(OC)cc2)cc1. The van der Waals surface area contributed by atoms with Gasteiger partial charge in [-0.25, -0.2) is 0 Å². The van der Waals surface area contributed by atoms with E-state index in [4.69, 9.17) is 9.15 Å². The quantitative estimate of drug-likeness (QED) is 0.197. The molecule has 0 spiro atoms. The molecule has 2 heterocycles. The van der Waals surface area contributed by atoms with Gasteiger partial charge in [0.05, 0.1) is 25.3 Å². The summed E-state index contributed by atoms with van der Waals surface area (Å²) in [6, 6.07) is 24.2. The first kappa shape index (κ1) is 27.6. The minimum atomic E-state index is -0.789. The Morgan fingerprint density at radius 1 is 0.950 bits per heavy atom. The predicted molar refractivity (Wildman–Crippen MR) is 162 cm³/mol. The largest absolute Gasteiger partial charge is 0.497 e. The predicted octanol–water partition coefficient (Wildman–Crippen LogP) is 7.89. The number of carboxylic acid groups (broad SMARTS) is 1. The minimum Gasteiger partial charge on any atom is -0.497 e. The summed E-state index contributed by atoms with van der Waals surface area (Å²) in [5.41, 5.74) is 5.06. The fraction of sp³-hybridized carbons (Fsp3) is 0.382. The zero-order valence-electron chi connectivity index (χ0n) is 23.8. The molecule has 1 fully saturated rings. The van der Waals surface area contributed by atoms with E-state index < -0.39 is 11.9 Å². The molecule has 0 bridgehead atoms. The van der Waals surface area contributed by atoms with Gasteiger partial charge in [-0.15, -0.1) is 0 Å². The van der Waals surface area contributed by atoms with Crippen molar-refractivity contribution in [1.82, 2.24) is 0 Å². The number of carbonyl (C=O) groups is 1. The molecule has 3 atom stereocenters. The van der Waals surface area contributed by atoms with Gasteiger partial charge in [0.2, 0.25) is 0 Å². The molecule has 6 heteroatoms. The molecular weight excluding hydrogens is 500 g/mol. The van der Waals surface area contributed by atoms with Crippen LogP contribution in [0.1, 0.15) is 62.6 Å². The molecule has 5 rings (SSSR count). The molecule has 4 aromatic rings. The monoisotopic (exact) mass is 540 g/mol. The van der Waals surface area contributed by atoms with Crippen LogP contribution in [0.5, 0.6) is 5.75 Å². The number of aliphatic carboxylic acids is 1. The maximum absolute atomic E-state index is 13.0. The Kier molecular flexibility index (Phi) is 8.63. The summed E-state index contributed by atoms with van der Waals surface area (Å²) in [6.07, 6.45) is 6.34. The van der Waals surface area contributed by atoms with Gasteiger partial charge < -0.3 is 24.1 Å². The van der Waals surface area contributed by atoms with Gasteiger partial charge in [-0.2, -0.15) is 0 Å². The molecule has 0 saturated carbocycles. The van der Waals surface area contributed by atoms with Gasteiger partial charge in [-0.1, -0.05) is 44.9 Å². The lowest BCUT2D eigenvalue weighted by atomic mass is 9.82. The second kappa shape index (κ2) is 12.5. The van der Waals surface area contributed by atoms with E-state index >= 15 is 0 Å². The molecule has 40 heavy (non-hydrogen) atoms. The average molecular weight is 541 g/mol. The highest BCUT2D eigenvalue weighted by atomic mass is 16.5. The fourth-order valence-corrected chi connectivity index (χ4v) is 6.07. The van der Waals surface area contributed by atoms with E-state index in [1.807, 2.05) is 42.5 Å². The normalized spacial score (nSPS) is 18.8. The number of unbranched alkanes of at least 4 members (excludes halogenated alkanes) is 2. The number of ether oxygens (including phenoxy) is 1. The first-order valence-electron chi connectivity index (χ1n) is 14.5. The van der Waals surface area contributed by atoms with Crippen LogP contribution in [0.3, 0.4) is 0 Å². The Bertz CT molecular complexity index is 1390. The molecule has 6 nitrogen and oxygen atoms in total. The number of rotatable bonds is 12. The van der Waals surface area contributed by atoms with E-state index in [0.29, 0.717) is 6.54 Å². The van der Waals surface area contributed by atoms with E-state index in [1.165, 1.54) is 31.4 Å². The zero-order chi connectivity index (χ0) is 28.1. The maximum atomic E-state index is 13.0. The highest BCUT2D eigenvalue weighted by Gasteiger charge is 2.47. The molecule has 3 unspecified atom stereocenters. The number of methoxy groups -OCH3 is 1. The summed E-state index contributed by atoms with van der Waals surface area (Å²) < 4.78 is 10.9. The summed E-state index contributed by atoms with van der Waals surface area (Å²) in [5.74, 6) is -0.842. The molecular formula is C34H40N2O4. The van der Waals surface area contributed by atoms with Gasteiger partial charge in [0, 0.05) is 42.3 Å². The lowest BCUT2D eigenvalue weighted by Crippen LogP contribution is -2.29. The van der Waals surface area contributed by atoms with Crippen LogP contribution < -0.4 is 14.5 Å². The van der Waals surface area contributed by atoms with Crippen molar-refractivity contribution in [2.24, 2.45) is 5.92 Å². The van der Waals surface area contributed by atoms with Gasteiger partial charge in [-0.3, -0.25) is 4.79 Å². The summed E-state index contributed by atoms with van der Waals surface area (Å²) in [4.78, 5) is 17.7. The van der Waals surface area contributed by atoms with E-state index in [9.17, 15) is 9.90 Å². The first-order valence-corrected chi connectivity index (χ1v) is 14.5. The Labute approximate surface area is 237 Å². The smallest absolute Gasteiger partial charge is 0.309 e. The van der Waals surface area contributed by atoms with Gasteiger partial charge >= 0.3 is 5.97 Å². The van der Waals surface area contributed by atoms with E-state index in [0.717, 1.165) is 46.6 Å². The topological polar surface area (TPSA) is 66.2 Å². The Balaban J connectivity index is 1.53. The molecule has 1 aliphatic rings. The summed E-state index contributed by atoms with van der Waals surface area (Å²) in [7, 11) is 1.64. The van der Waals surface area contributed by atoms with Crippen molar-refractivity contribution in [2.75, 3.05) is 36.5 Å². The molecule has 0 aliphatic carbocycles. The second-order valence-corrected chi connectivity index (χ2v) is 10.8. The van der Waals surface area contributed by atoms with Crippen molar-refractivity contribution in [2.45, 2.75) is 51.5 Å². The number of anilines is 2. The number of benzene rings is 3. The molecule has 1 N–H and O–H groups in total. The van der Waals surface area contributed by atoms with Gasteiger partial charge in [0.1, 0.15) is 11.3 Å². The third kappa shape index (κ3) is 5.67. The van der Waals surface area contributed by atoms with Crippen molar-refractivity contribution in [3.8, 4) is 5.75 Å². The Morgan fingerprint density at radius 2 is 1.62 bits per heavy atom. The van der Waals surface area contributed by atoms with Crippen molar-refractivity contribution in [1.29, 1.82) is 0 Å². The van der Waals surface area contributed by atoms with Gasteiger partial charge in [0.25, 0.3) is 0 Å². The van der Waals surface area contributed by atoms with Crippen LogP contribution in [0, 0.1) is 5.92 Å². The van der Waals surface area contributed by atoms with Crippen LogP contribution in [0.25, 0.3) is 11.0 Å².